The molecule has 1 amide bonds. The maximum Gasteiger partial charge on any atom is 0.237 e. The van der Waals surface area contributed by atoms with Crippen molar-refractivity contribution < 1.29 is 4.79 Å². The summed E-state index contributed by atoms with van der Waals surface area (Å²) in [5.41, 5.74) is 0.458. The largest absolute Gasteiger partial charge is 0.326 e. The van der Waals surface area contributed by atoms with Gasteiger partial charge in [-0.15, -0.1) is 11.3 Å². The Bertz CT molecular complexity index is 761. The Balaban J connectivity index is 2.06. The summed E-state index contributed by atoms with van der Waals surface area (Å²) in [5, 5.41) is 9.28. The van der Waals surface area contributed by atoms with Gasteiger partial charge in [0.25, 0.3) is 0 Å². The Kier molecular flexibility index (Phi) is 6.96. The van der Waals surface area contributed by atoms with Crippen LogP contribution in [-0.2, 0) is 17.8 Å². The molecule has 1 aromatic carbocycles. The van der Waals surface area contributed by atoms with Crippen molar-refractivity contribution in [2.45, 2.75) is 39.3 Å². The second-order valence-electron chi connectivity index (χ2n) is 7.08. The van der Waals surface area contributed by atoms with Gasteiger partial charge in [-0.1, -0.05) is 30.3 Å². The maximum atomic E-state index is 12.7. The lowest BCUT2D eigenvalue weighted by atomic mass is 10.1. The lowest BCUT2D eigenvalue weighted by Crippen LogP contribution is -2.48. The molecule has 4 nitrogen and oxygen atoms in total. The third kappa shape index (κ3) is 5.69. The van der Waals surface area contributed by atoms with Crippen molar-refractivity contribution in [2.24, 2.45) is 0 Å². The van der Waals surface area contributed by atoms with Gasteiger partial charge in [0.05, 0.1) is 12.6 Å². The van der Waals surface area contributed by atoms with E-state index in [-0.39, 0.29) is 5.91 Å². The van der Waals surface area contributed by atoms with E-state index in [1.807, 2.05) is 18.2 Å². The Labute approximate surface area is 160 Å². The first-order chi connectivity index (χ1) is 12.3. The van der Waals surface area contributed by atoms with E-state index in [1.165, 1.54) is 15.3 Å². The highest BCUT2D eigenvalue weighted by molar-refractivity contribution is 7.11. The number of rotatable bonds is 8. The standard InChI is InChI=1S/C21H27N3OS/c1-17-10-11-19(26-17)14-24(13-12-18-8-6-5-7-9-18)15-20(25)23(4)21(2,3)16-22/h5-11H,12-15H2,1-4H3. The molecular weight excluding hydrogens is 342 g/mol. The summed E-state index contributed by atoms with van der Waals surface area (Å²) < 4.78 is 0. The molecule has 2 rings (SSSR count). The summed E-state index contributed by atoms with van der Waals surface area (Å²) in [6.07, 6.45) is 0.893. The molecule has 1 heterocycles. The highest BCUT2D eigenvalue weighted by Crippen LogP contribution is 2.18. The zero-order chi connectivity index (χ0) is 19.2. The zero-order valence-corrected chi connectivity index (χ0v) is 16.8. The van der Waals surface area contributed by atoms with Crippen LogP contribution in [0.2, 0.25) is 0 Å². The first-order valence-electron chi connectivity index (χ1n) is 8.81. The van der Waals surface area contributed by atoms with Crippen molar-refractivity contribution in [3.05, 3.63) is 57.8 Å². The van der Waals surface area contributed by atoms with Crippen LogP contribution in [0, 0.1) is 18.3 Å². The molecule has 0 aliphatic rings. The number of benzene rings is 1. The third-order valence-corrected chi connectivity index (χ3v) is 5.57. The molecular formula is C21H27N3OS. The third-order valence-electron chi connectivity index (χ3n) is 4.58. The van der Waals surface area contributed by atoms with Crippen LogP contribution < -0.4 is 0 Å². The van der Waals surface area contributed by atoms with E-state index < -0.39 is 5.54 Å². The number of aryl methyl sites for hydroxylation is 1. The van der Waals surface area contributed by atoms with Crippen LogP contribution in [0.4, 0.5) is 0 Å². The fourth-order valence-corrected chi connectivity index (χ4v) is 3.55. The van der Waals surface area contributed by atoms with Crippen molar-refractivity contribution in [3.8, 4) is 6.07 Å². The SMILES string of the molecule is Cc1ccc(CN(CCc2ccccc2)CC(=O)N(C)C(C)(C)C#N)s1. The molecule has 2 aromatic rings. The van der Waals surface area contributed by atoms with Crippen molar-refractivity contribution in [1.82, 2.24) is 9.80 Å². The fourth-order valence-electron chi connectivity index (χ4n) is 2.62. The average Bonchev–Trinajstić information content (AvgIpc) is 3.04. The second kappa shape index (κ2) is 8.98. The van der Waals surface area contributed by atoms with Crippen LogP contribution in [0.1, 0.15) is 29.2 Å². The van der Waals surface area contributed by atoms with E-state index in [4.69, 9.17) is 0 Å². The predicted octanol–water partition coefficient (Wildman–Crippen LogP) is 3.86. The minimum atomic E-state index is -0.804. The van der Waals surface area contributed by atoms with Gasteiger partial charge in [-0.2, -0.15) is 5.26 Å². The zero-order valence-electron chi connectivity index (χ0n) is 16.0. The summed E-state index contributed by atoms with van der Waals surface area (Å²) in [6.45, 7) is 7.48. The van der Waals surface area contributed by atoms with E-state index >= 15 is 0 Å². The maximum absolute atomic E-state index is 12.7. The van der Waals surface area contributed by atoms with Gasteiger partial charge in [0.15, 0.2) is 0 Å². The van der Waals surface area contributed by atoms with Crippen LogP contribution in [0.25, 0.3) is 0 Å². The summed E-state index contributed by atoms with van der Waals surface area (Å²) >= 11 is 1.76. The highest BCUT2D eigenvalue weighted by Gasteiger charge is 2.28. The van der Waals surface area contributed by atoms with Gasteiger partial charge in [-0.05, 0) is 44.9 Å². The Morgan fingerprint density at radius 1 is 1.19 bits per heavy atom. The van der Waals surface area contributed by atoms with Crippen LogP contribution >= 0.6 is 11.3 Å². The number of likely N-dealkylation sites (N-methyl/N-ethyl adjacent to an activating group) is 1. The first-order valence-corrected chi connectivity index (χ1v) is 9.63. The normalized spacial score (nSPS) is 11.4. The molecule has 0 saturated heterocycles. The van der Waals surface area contributed by atoms with Gasteiger partial charge >= 0.3 is 0 Å². The quantitative estimate of drug-likeness (QED) is 0.710. The number of hydrogen-bond acceptors (Lipinski definition) is 4. The number of carbonyl (C=O) groups excluding carboxylic acids is 1. The fraction of sp³-hybridized carbons (Fsp3) is 0.429. The van der Waals surface area contributed by atoms with Crippen LogP contribution in [0.3, 0.4) is 0 Å². The van der Waals surface area contributed by atoms with Crippen LogP contribution in [0.15, 0.2) is 42.5 Å². The summed E-state index contributed by atoms with van der Waals surface area (Å²) in [4.78, 5) is 18.9. The summed E-state index contributed by atoms with van der Waals surface area (Å²) in [6, 6.07) is 16.7. The van der Waals surface area contributed by atoms with Gasteiger partial charge in [-0.25, -0.2) is 0 Å². The molecule has 0 fully saturated rings. The molecule has 0 unspecified atom stereocenters. The number of hydrogen-bond donors (Lipinski definition) is 0. The number of nitrogens with zero attached hydrogens (tertiary/aromatic N) is 3. The van der Waals surface area contributed by atoms with E-state index in [1.54, 1.807) is 37.1 Å². The minimum absolute atomic E-state index is 0.0297. The van der Waals surface area contributed by atoms with Gasteiger partial charge in [0.1, 0.15) is 5.54 Å². The molecule has 138 valence electrons. The molecule has 0 bridgehead atoms. The lowest BCUT2D eigenvalue weighted by molar-refractivity contribution is -0.134. The first kappa shape index (κ1) is 20.2. The van der Waals surface area contributed by atoms with E-state index in [0.717, 1.165) is 19.5 Å². The average molecular weight is 370 g/mol. The molecule has 0 spiro atoms. The molecule has 0 radical (unpaired) electrons. The Hall–Kier alpha value is -2.16. The molecule has 0 N–H and O–H groups in total. The topological polar surface area (TPSA) is 47.3 Å². The lowest BCUT2D eigenvalue weighted by Gasteiger charge is -2.31. The predicted molar refractivity (Wildman–Crippen MR) is 107 cm³/mol. The summed E-state index contributed by atoms with van der Waals surface area (Å²) in [7, 11) is 1.70. The van der Waals surface area contributed by atoms with Crippen LogP contribution in [-0.4, -0.2) is 41.4 Å². The Morgan fingerprint density at radius 3 is 2.46 bits per heavy atom. The molecule has 0 atom stereocenters. The second-order valence-corrected chi connectivity index (χ2v) is 8.45. The number of nitriles is 1. The molecule has 1 aromatic heterocycles. The molecule has 26 heavy (non-hydrogen) atoms. The van der Waals surface area contributed by atoms with E-state index in [9.17, 15) is 10.1 Å². The van der Waals surface area contributed by atoms with Crippen molar-refractivity contribution in [1.29, 1.82) is 5.26 Å². The van der Waals surface area contributed by atoms with Gasteiger partial charge in [0.2, 0.25) is 5.91 Å². The molecule has 0 aliphatic heterocycles. The van der Waals surface area contributed by atoms with Crippen molar-refractivity contribution in [3.63, 3.8) is 0 Å². The van der Waals surface area contributed by atoms with Gasteiger partial charge in [-0.3, -0.25) is 9.69 Å². The molecule has 0 saturated carbocycles. The summed E-state index contributed by atoms with van der Waals surface area (Å²) in [5.74, 6) is -0.0297. The number of carbonyl (C=O) groups is 1. The smallest absolute Gasteiger partial charge is 0.237 e. The van der Waals surface area contributed by atoms with Crippen molar-refractivity contribution in [2.75, 3.05) is 20.1 Å². The highest BCUT2D eigenvalue weighted by atomic mass is 32.1. The van der Waals surface area contributed by atoms with Gasteiger partial charge in [0, 0.05) is 29.9 Å². The van der Waals surface area contributed by atoms with Crippen molar-refractivity contribution >= 4 is 17.2 Å². The van der Waals surface area contributed by atoms with Gasteiger partial charge < -0.3 is 4.90 Å². The van der Waals surface area contributed by atoms with E-state index in [2.05, 4.69) is 42.2 Å². The molecule has 5 heteroatoms. The number of amides is 1. The molecule has 0 aliphatic carbocycles. The van der Waals surface area contributed by atoms with Crippen LogP contribution in [0.5, 0.6) is 0 Å². The minimum Gasteiger partial charge on any atom is -0.326 e. The Morgan fingerprint density at radius 2 is 1.88 bits per heavy atom. The number of thiophene rings is 1. The van der Waals surface area contributed by atoms with E-state index in [0.29, 0.717) is 6.54 Å². The monoisotopic (exact) mass is 369 g/mol.